The second kappa shape index (κ2) is 3.69. The lowest BCUT2D eigenvalue weighted by atomic mass is 10.5. The van der Waals surface area contributed by atoms with E-state index in [-0.39, 0.29) is 5.69 Å². The molecule has 3 aromatic heterocycles. The molecule has 0 aliphatic carbocycles. The van der Waals surface area contributed by atoms with Crippen LogP contribution in [-0.4, -0.2) is 29.4 Å². The first-order valence-corrected chi connectivity index (χ1v) is 5.35. The summed E-state index contributed by atoms with van der Waals surface area (Å²) in [6.07, 6.45) is 1.83. The molecular weight excluding hydrogens is 234 g/mol. The first kappa shape index (κ1) is 10.5. The Kier molecular flexibility index (Phi) is 2.15. The zero-order valence-electron chi connectivity index (χ0n) is 9.88. The summed E-state index contributed by atoms with van der Waals surface area (Å²) in [5.74, 6) is 1.84. The first-order chi connectivity index (χ1) is 8.63. The van der Waals surface area contributed by atoms with Gasteiger partial charge in [-0.3, -0.25) is 4.68 Å². The fraction of sp³-hybridized carbons (Fsp3) is 0.200. The van der Waals surface area contributed by atoms with E-state index in [0.717, 1.165) is 0 Å². The van der Waals surface area contributed by atoms with E-state index in [0.29, 0.717) is 23.1 Å². The molecule has 0 aromatic carbocycles. The second-order valence-corrected chi connectivity index (χ2v) is 3.91. The van der Waals surface area contributed by atoms with Crippen LogP contribution in [0.4, 0.5) is 11.6 Å². The Morgan fingerprint density at radius 2 is 2.22 bits per heavy atom. The Bertz CT molecular complexity index is 766. The van der Waals surface area contributed by atoms with Crippen LogP contribution < -0.4 is 11.0 Å². The molecule has 3 heterocycles. The normalized spacial score (nSPS) is 11.0. The Morgan fingerprint density at radius 1 is 1.39 bits per heavy atom. The molecule has 0 aliphatic rings. The van der Waals surface area contributed by atoms with Crippen molar-refractivity contribution in [2.24, 2.45) is 7.05 Å². The van der Waals surface area contributed by atoms with Crippen LogP contribution in [0.5, 0.6) is 0 Å². The summed E-state index contributed by atoms with van der Waals surface area (Å²) >= 11 is 0. The zero-order valence-corrected chi connectivity index (χ0v) is 9.88. The van der Waals surface area contributed by atoms with Gasteiger partial charge in [-0.25, -0.2) is 19.3 Å². The maximum atomic E-state index is 11.4. The number of aryl methyl sites for hydroxylation is 2. The van der Waals surface area contributed by atoms with Gasteiger partial charge in [-0.15, -0.1) is 0 Å². The minimum Gasteiger partial charge on any atom is -0.323 e. The highest BCUT2D eigenvalue weighted by Crippen LogP contribution is 2.13. The summed E-state index contributed by atoms with van der Waals surface area (Å²) in [6.45, 7) is 1.74. The Morgan fingerprint density at radius 3 is 2.94 bits per heavy atom. The molecule has 0 fully saturated rings. The first-order valence-electron chi connectivity index (χ1n) is 5.35. The van der Waals surface area contributed by atoms with Gasteiger partial charge in [-0.1, -0.05) is 0 Å². The monoisotopic (exact) mass is 245 g/mol. The number of rotatable bonds is 2. The number of hydrogen-bond acceptors (Lipinski definition) is 5. The van der Waals surface area contributed by atoms with Gasteiger partial charge in [0.2, 0.25) is 0 Å². The smallest absolute Gasteiger partial charge is 0.323 e. The molecule has 3 aromatic rings. The number of nitrogens with zero attached hydrogens (tertiary/aromatic N) is 5. The van der Waals surface area contributed by atoms with Crippen molar-refractivity contribution in [2.45, 2.75) is 6.92 Å². The zero-order chi connectivity index (χ0) is 12.7. The number of anilines is 2. The molecule has 92 valence electrons. The molecule has 8 nitrogen and oxygen atoms in total. The van der Waals surface area contributed by atoms with Crippen LogP contribution in [0.1, 0.15) is 5.82 Å². The molecule has 0 amide bonds. The van der Waals surface area contributed by atoms with Crippen molar-refractivity contribution in [3.8, 4) is 0 Å². The fourth-order valence-electron chi connectivity index (χ4n) is 1.77. The standard InChI is InChI=1S/C10H11N7O/c1-6-11-8(12-7-3-4-16(2)15-7)5-9-13-14-10(18)17(6)9/h3-5H,1-2H3,(H,12,15)(H,14,18). The molecule has 18 heavy (non-hydrogen) atoms. The van der Waals surface area contributed by atoms with Gasteiger partial charge in [0.1, 0.15) is 11.6 Å². The van der Waals surface area contributed by atoms with Crippen LogP contribution in [-0.2, 0) is 7.05 Å². The van der Waals surface area contributed by atoms with Gasteiger partial charge in [0.25, 0.3) is 0 Å². The van der Waals surface area contributed by atoms with Crippen LogP contribution in [0.25, 0.3) is 5.65 Å². The van der Waals surface area contributed by atoms with E-state index in [9.17, 15) is 4.79 Å². The number of aromatic amines is 1. The average molecular weight is 245 g/mol. The van der Waals surface area contributed by atoms with Crippen LogP contribution in [0, 0.1) is 6.92 Å². The summed E-state index contributed by atoms with van der Waals surface area (Å²) in [6, 6.07) is 3.51. The van der Waals surface area contributed by atoms with Crippen LogP contribution in [0.2, 0.25) is 0 Å². The third kappa shape index (κ3) is 1.63. The van der Waals surface area contributed by atoms with Crippen molar-refractivity contribution < 1.29 is 0 Å². The van der Waals surface area contributed by atoms with E-state index in [1.54, 1.807) is 17.7 Å². The van der Waals surface area contributed by atoms with Gasteiger partial charge < -0.3 is 5.32 Å². The minimum atomic E-state index is -0.292. The third-order valence-corrected chi connectivity index (χ3v) is 2.54. The van der Waals surface area contributed by atoms with E-state index in [1.807, 2.05) is 19.3 Å². The fourth-order valence-corrected chi connectivity index (χ4v) is 1.77. The topological polar surface area (TPSA) is 92.9 Å². The highest BCUT2D eigenvalue weighted by atomic mass is 16.1. The maximum absolute atomic E-state index is 11.4. The molecular formula is C10H11N7O. The van der Waals surface area contributed by atoms with Gasteiger partial charge in [-0.2, -0.15) is 10.2 Å². The quantitative estimate of drug-likeness (QED) is 0.673. The Labute approximate surface area is 101 Å². The highest BCUT2D eigenvalue weighted by molar-refractivity contribution is 5.56. The van der Waals surface area contributed by atoms with E-state index < -0.39 is 0 Å². The largest absolute Gasteiger partial charge is 0.349 e. The van der Waals surface area contributed by atoms with Crippen molar-refractivity contribution in [2.75, 3.05) is 5.32 Å². The summed E-state index contributed by atoms with van der Waals surface area (Å²) in [5.41, 5.74) is 0.227. The van der Waals surface area contributed by atoms with Crippen molar-refractivity contribution in [3.05, 3.63) is 34.6 Å². The second-order valence-electron chi connectivity index (χ2n) is 3.91. The lowest BCUT2D eigenvalue weighted by molar-refractivity contribution is 0.771. The van der Waals surface area contributed by atoms with Crippen LogP contribution >= 0.6 is 0 Å². The van der Waals surface area contributed by atoms with Crippen molar-refractivity contribution in [1.82, 2.24) is 29.4 Å². The third-order valence-electron chi connectivity index (χ3n) is 2.54. The van der Waals surface area contributed by atoms with Crippen molar-refractivity contribution in [3.63, 3.8) is 0 Å². The van der Waals surface area contributed by atoms with Gasteiger partial charge in [-0.05, 0) is 6.92 Å². The number of hydrogen-bond donors (Lipinski definition) is 2. The molecule has 0 saturated carbocycles. The number of nitrogens with one attached hydrogen (secondary N) is 2. The number of H-pyrrole nitrogens is 1. The molecule has 0 unspecified atom stereocenters. The molecule has 8 heteroatoms. The van der Waals surface area contributed by atoms with Gasteiger partial charge in [0.05, 0.1) is 0 Å². The van der Waals surface area contributed by atoms with Crippen LogP contribution in [0.15, 0.2) is 23.1 Å². The Hall–Kier alpha value is -2.64. The predicted octanol–water partition coefficient (Wildman–Crippen LogP) is 0.203. The van der Waals surface area contributed by atoms with Crippen LogP contribution in [0.3, 0.4) is 0 Å². The molecule has 0 atom stereocenters. The van der Waals surface area contributed by atoms with Gasteiger partial charge >= 0.3 is 5.69 Å². The van der Waals surface area contributed by atoms with E-state index in [2.05, 4.69) is 25.6 Å². The summed E-state index contributed by atoms with van der Waals surface area (Å²) in [7, 11) is 1.83. The Balaban J connectivity index is 2.05. The minimum absolute atomic E-state index is 0.292. The number of aromatic nitrogens is 6. The van der Waals surface area contributed by atoms with E-state index in [4.69, 9.17) is 0 Å². The summed E-state index contributed by atoms with van der Waals surface area (Å²) < 4.78 is 3.09. The van der Waals surface area contributed by atoms with Crippen molar-refractivity contribution >= 4 is 17.3 Å². The highest BCUT2D eigenvalue weighted by Gasteiger charge is 2.07. The maximum Gasteiger partial charge on any atom is 0.349 e. The summed E-state index contributed by atoms with van der Waals surface area (Å²) in [4.78, 5) is 15.7. The summed E-state index contributed by atoms with van der Waals surface area (Å²) in [5, 5.41) is 13.5. The lowest BCUT2D eigenvalue weighted by Gasteiger charge is -2.04. The molecule has 0 saturated heterocycles. The molecule has 0 bridgehead atoms. The van der Waals surface area contributed by atoms with E-state index >= 15 is 0 Å². The van der Waals surface area contributed by atoms with E-state index in [1.165, 1.54) is 4.40 Å². The SMILES string of the molecule is Cc1nc(Nc2ccn(C)n2)cc2n[nH]c(=O)n12. The predicted molar refractivity (Wildman–Crippen MR) is 64.8 cm³/mol. The molecule has 2 N–H and O–H groups in total. The lowest BCUT2D eigenvalue weighted by Crippen LogP contribution is -2.13. The molecule has 3 rings (SSSR count). The molecule has 0 radical (unpaired) electrons. The molecule has 0 spiro atoms. The number of fused-ring (bicyclic) bond motifs is 1. The van der Waals surface area contributed by atoms with Crippen molar-refractivity contribution in [1.29, 1.82) is 0 Å². The van der Waals surface area contributed by atoms with Gasteiger partial charge in [0.15, 0.2) is 11.5 Å². The van der Waals surface area contributed by atoms with Gasteiger partial charge in [0, 0.05) is 25.4 Å². The molecule has 0 aliphatic heterocycles. The average Bonchev–Trinajstić information content (AvgIpc) is 2.86.